The van der Waals surface area contributed by atoms with E-state index in [1.54, 1.807) is 30.6 Å². The van der Waals surface area contributed by atoms with E-state index in [9.17, 15) is 13.6 Å². The minimum atomic E-state index is -2.60. The van der Waals surface area contributed by atoms with Gasteiger partial charge in [0.25, 0.3) is 12.3 Å². The highest BCUT2D eigenvalue weighted by molar-refractivity contribution is 6.04. The summed E-state index contributed by atoms with van der Waals surface area (Å²) in [6.45, 7) is 2.11. The highest BCUT2D eigenvalue weighted by Crippen LogP contribution is 2.29. The standard InChI is InChI=1S/C27H25F2N5O/c1-34-7-5-17(6-8-34)18-3-2-4-19(9-18)27(35)33-25-12-20-11-24(31-15-23(20)16-32-25)21-10-22(26(28)29)14-30-13-21/h2-4,9-17,26H,5-8H2,1H3,(H,32,33,35). The van der Waals surface area contributed by atoms with Crippen molar-refractivity contribution in [2.24, 2.45) is 0 Å². The van der Waals surface area contributed by atoms with Crippen LogP contribution < -0.4 is 5.32 Å². The molecule has 4 aromatic rings. The monoisotopic (exact) mass is 473 g/mol. The van der Waals surface area contributed by atoms with Crippen molar-refractivity contribution in [3.8, 4) is 11.3 Å². The summed E-state index contributed by atoms with van der Waals surface area (Å²) < 4.78 is 26.1. The number of rotatable bonds is 5. The number of nitrogens with one attached hydrogen (secondary N) is 1. The molecule has 0 unspecified atom stereocenters. The van der Waals surface area contributed by atoms with E-state index in [4.69, 9.17) is 0 Å². The van der Waals surface area contributed by atoms with E-state index in [0.717, 1.165) is 42.9 Å². The molecule has 5 rings (SSSR count). The van der Waals surface area contributed by atoms with E-state index in [-0.39, 0.29) is 11.5 Å². The second-order valence-electron chi connectivity index (χ2n) is 8.95. The topological polar surface area (TPSA) is 71.0 Å². The van der Waals surface area contributed by atoms with Crippen molar-refractivity contribution in [2.45, 2.75) is 25.2 Å². The van der Waals surface area contributed by atoms with Gasteiger partial charge in [0, 0.05) is 46.9 Å². The van der Waals surface area contributed by atoms with Crippen LogP contribution >= 0.6 is 0 Å². The maximum atomic E-state index is 13.1. The van der Waals surface area contributed by atoms with Gasteiger partial charge < -0.3 is 10.2 Å². The van der Waals surface area contributed by atoms with Crippen LogP contribution in [0.2, 0.25) is 0 Å². The van der Waals surface area contributed by atoms with Gasteiger partial charge in [-0.3, -0.25) is 14.8 Å². The Morgan fingerprint density at radius 1 is 1.00 bits per heavy atom. The first-order valence-electron chi connectivity index (χ1n) is 11.6. The van der Waals surface area contributed by atoms with Gasteiger partial charge in [0.05, 0.1) is 5.69 Å². The number of anilines is 1. The van der Waals surface area contributed by atoms with Gasteiger partial charge in [-0.25, -0.2) is 13.8 Å². The normalized spacial score (nSPS) is 15.0. The first kappa shape index (κ1) is 23.0. The van der Waals surface area contributed by atoms with Gasteiger partial charge >= 0.3 is 0 Å². The lowest BCUT2D eigenvalue weighted by molar-refractivity contribution is 0.102. The SMILES string of the molecule is CN1CCC(c2cccc(C(=O)Nc3cc4cc(-c5cncc(C(F)F)c5)ncc4cn3)c2)CC1. The van der Waals surface area contributed by atoms with Gasteiger partial charge in [-0.1, -0.05) is 12.1 Å². The molecular formula is C27H25F2N5O. The van der Waals surface area contributed by atoms with E-state index in [1.807, 2.05) is 12.1 Å². The second kappa shape index (κ2) is 9.84. The maximum absolute atomic E-state index is 13.1. The summed E-state index contributed by atoms with van der Waals surface area (Å²) >= 11 is 0. The summed E-state index contributed by atoms with van der Waals surface area (Å²) in [5, 5.41) is 4.43. The number of halogens is 2. The van der Waals surface area contributed by atoms with Gasteiger partial charge in [0.15, 0.2) is 0 Å². The van der Waals surface area contributed by atoms with Crippen LogP contribution in [0.5, 0.6) is 0 Å². The molecule has 1 fully saturated rings. The van der Waals surface area contributed by atoms with E-state index >= 15 is 0 Å². The third kappa shape index (κ3) is 5.17. The predicted octanol–water partition coefficient (Wildman–Crippen LogP) is 5.69. The minimum Gasteiger partial charge on any atom is -0.307 e. The Kier molecular flexibility index (Phi) is 6.46. The lowest BCUT2D eigenvalue weighted by atomic mass is 9.89. The molecule has 0 spiro atoms. The third-order valence-corrected chi connectivity index (χ3v) is 6.49. The summed E-state index contributed by atoms with van der Waals surface area (Å²) in [5.74, 6) is 0.639. The average molecular weight is 474 g/mol. The first-order chi connectivity index (χ1) is 17.0. The molecule has 1 amide bonds. The Hall–Kier alpha value is -3.78. The summed E-state index contributed by atoms with van der Waals surface area (Å²) in [7, 11) is 2.13. The van der Waals surface area contributed by atoms with Crippen LogP contribution in [0, 0.1) is 0 Å². The number of alkyl halides is 2. The molecule has 0 saturated carbocycles. The van der Waals surface area contributed by atoms with E-state index < -0.39 is 6.43 Å². The minimum absolute atomic E-state index is 0.158. The molecule has 3 aromatic heterocycles. The molecule has 178 valence electrons. The molecule has 35 heavy (non-hydrogen) atoms. The van der Waals surface area contributed by atoms with Crippen molar-refractivity contribution >= 4 is 22.5 Å². The van der Waals surface area contributed by atoms with Crippen LogP contribution in [0.25, 0.3) is 22.0 Å². The number of nitrogens with zero attached hydrogens (tertiary/aromatic N) is 4. The fourth-order valence-electron chi connectivity index (χ4n) is 4.45. The zero-order valence-electron chi connectivity index (χ0n) is 19.3. The lowest BCUT2D eigenvalue weighted by Gasteiger charge is -2.29. The summed E-state index contributed by atoms with van der Waals surface area (Å²) in [5.41, 5.74) is 2.63. The van der Waals surface area contributed by atoms with Crippen molar-refractivity contribution < 1.29 is 13.6 Å². The zero-order chi connectivity index (χ0) is 24.4. The highest BCUT2D eigenvalue weighted by atomic mass is 19.3. The Morgan fingerprint density at radius 2 is 1.80 bits per heavy atom. The Morgan fingerprint density at radius 3 is 2.60 bits per heavy atom. The van der Waals surface area contributed by atoms with Crippen molar-refractivity contribution in [1.82, 2.24) is 19.9 Å². The van der Waals surface area contributed by atoms with Crippen LogP contribution in [-0.4, -0.2) is 45.9 Å². The molecule has 1 N–H and O–H groups in total. The summed E-state index contributed by atoms with van der Waals surface area (Å²) in [6.07, 6.45) is 5.47. The molecule has 1 saturated heterocycles. The maximum Gasteiger partial charge on any atom is 0.265 e. The molecule has 0 aliphatic carbocycles. The zero-order valence-corrected chi connectivity index (χ0v) is 19.3. The molecule has 1 aliphatic heterocycles. The third-order valence-electron chi connectivity index (χ3n) is 6.49. The van der Waals surface area contributed by atoms with Gasteiger partial charge in [-0.15, -0.1) is 0 Å². The van der Waals surface area contributed by atoms with Gasteiger partial charge in [0.1, 0.15) is 5.82 Å². The number of aromatic nitrogens is 3. The van der Waals surface area contributed by atoms with E-state index in [0.29, 0.717) is 28.6 Å². The molecule has 1 aromatic carbocycles. The molecule has 1 aliphatic rings. The number of benzene rings is 1. The molecule has 8 heteroatoms. The molecule has 6 nitrogen and oxygen atoms in total. The van der Waals surface area contributed by atoms with Gasteiger partial charge in [0.2, 0.25) is 0 Å². The van der Waals surface area contributed by atoms with Crippen molar-refractivity contribution in [2.75, 3.05) is 25.5 Å². The Balaban J connectivity index is 1.36. The predicted molar refractivity (Wildman–Crippen MR) is 132 cm³/mol. The van der Waals surface area contributed by atoms with Crippen LogP contribution in [-0.2, 0) is 0 Å². The first-order valence-corrected chi connectivity index (χ1v) is 11.6. The van der Waals surface area contributed by atoms with Crippen LogP contribution in [0.1, 0.15) is 46.7 Å². The fourth-order valence-corrected chi connectivity index (χ4v) is 4.45. The number of piperidine rings is 1. The Labute approximate surface area is 202 Å². The number of hydrogen-bond acceptors (Lipinski definition) is 5. The van der Waals surface area contributed by atoms with Crippen LogP contribution in [0.15, 0.2) is 67.3 Å². The van der Waals surface area contributed by atoms with E-state index in [2.05, 4.69) is 38.3 Å². The summed E-state index contributed by atoms with van der Waals surface area (Å²) in [6, 6.07) is 12.7. The number of hydrogen-bond donors (Lipinski definition) is 1. The lowest BCUT2D eigenvalue weighted by Crippen LogP contribution is -2.29. The number of fused-ring (bicyclic) bond motifs is 1. The quantitative estimate of drug-likeness (QED) is 0.403. The molecule has 4 heterocycles. The number of carbonyl (C=O) groups excluding carboxylic acids is 1. The second-order valence-corrected chi connectivity index (χ2v) is 8.95. The molecule has 0 radical (unpaired) electrons. The van der Waals surface area contributed by atoms with Crippen molar-refractivity contribution in [1.29, 1.82) is 0 Å². The van der Waals surface area contributed by atoms with E-state index in [1.165, 1.54) is 17.8 Å². The van der Waals surface area contributed by atoms with Gasteiger partial charge in [-0.05, 0) is 80.2 Å². The number of carbonyl (C=O) groups is 1. The van der Waals surface area contributed by atoms with Crippen LogP contribution in [0.3, 0.4) is 0 Å². The smallest absolute Gasteiger partial charge is 0.265 e. The average Bonchev–Trinajstić information content (AvgIpc) is 2.89. The highest BCUT2D eigenvalue weighted by Gasteiger charge is 2.19. The van der Waals surface area contributed by atoms with Gasteiger partial charge in [-0.2, -0.15) is 0 Å². The molecule has 0 bridgehead atoms. The molecular weight excluding hydrogens is 448 g/mol. The Bertz CT molecular complexity index is 1370. The summed E-state index contributed by atoms with van der Waals surface area (Å²) in [4.78, 5) is 27.9. The van der Waals surface area contributed by atoms with Crippen LogP contribution in [0.4, 0.5) is 14.6 Å². The number of likely N-dealkylation sites (tertiary alicyclic amines) is 1. The number of amides is 1. The van der Waals surface area contributed by atoms with Crippen molar-refractivity contribution in [3.63, 3.8) is 0 Å². The van der Waals surface area contributed by atoms with Crippen molar-refractivity contribution in [3.05, 3.63) is 83.9 Å². The number of pyridine rings is 3. The molecule has 0 atom stereocenters. The fraction of sp³-hybridized carbons (Fsp3) is 0.259. The largest absolute Gasteiger partial charge is 0.307 e.